The van der Waals surface area contributed by atoms with Gasteiger partial charge in [-0.3, -0.25) is 4.79 Å². The fraction of sp³-hybridized carbons (Fsp3) is 0.583. The minimum absolute atomic E-state index is 0.0807. The van der Waals surface area contributed by atoms with E-state index in [1.165, 1.54) is 6.07 Å². The van der Waals surface area contributed by atoms with Crippen LogP contribution in [0.5, 0.6) is 5.75 Å². The van der Waals surface area contributed by atoms with Crippen LogP contribution in [0.1, 0.15) is 31.5 Å². The Hall–Kier alpha value is -1.25. The van der Waals surface area contributed by atoms with Crippen LogP contribution >= 0.6 is 0 Å². The molecular formula is C12H17NO2. The molecule has 0 radical (unpaired) electrons. The predicted molar refractivity (Wildman–Crippen MR) is 59.2 cm³/mol. The fourth-order valence-electron chi connectivity index (χ4n) is 2.40. The average molecular weight is 207 g/mol. The van der Waals surface area contributed by atoms with Crippen LogP contribution in [0, 0.1) is 5.92 Å². The first-order chi connectivity index (χ1) is 7.13. The molecule has 1 aromatic heterocycles. The smallest absolute Gasteiger partial charge is 0.254 e. The Labute approximate surface area is 89.4 Å². The molecule has 0 amide bonds. The molecular weight excluding hydrogens is 190 g/mol. The van der Waals surface area contributed by atoms with Gasteiger partial charge in [0.2, 0.25) is 0 Å². The molecule has 1 aliphatic carbocycles. The molecule has 3 nitrogen and oxygen atoms in total. The van der Waals surface area contributed by atoms with Gasteiger partial charge in [-0.15, -0.1) is 0 Å². The third-order valence-corrected chi connectivity index (χ3v) is 3.25. The summed E-state index contributed by atoms with van der Waals surface area (Å²) >= 11 is 0. The number of aromatic nitrogens is 1. The first-order valence-electron chi connectivity index (χ1n) is 5.58. The van der Waals surface area contributed by atoms with Crippen LogP contribution in [-0.2, 0) is 19.4 Å². The van der Waals surface area contributed by atoms with E-state index in [9.17, 15) is 9.90 Å². The quantitative estimate of drug-likeness (QED) is 0.761. The Morgan fingerprint density at radius 1 is 1.60 bits per heavy atom. The van der Waals surface area contributed by atoms with Crippen molar-refractivity contribution in [1.82, 2.24) is 4.57 Å². The Morgan fingerprint density at radius 3 is 3.00 bits per heavy atom. The van der Waals surface area contributed by atoms with Gasteiger partial charge in [0.15, 0.2) is 0 Å². The molecule has 1 unspecified atom stereocenters. The van der Waals surface area contributed by atoms with Gasteiger partial charge >= 0.3 is 0 Å². The van der Waals surface area contributed by atoms with E-state index in [-0.39, 0.29) is 11.3 Å². The average Bonchev–Trinajstić information content (AvgIpc) is 2.17. The molecule has 82 valence electrons. The number of rotatable bonds is 1. The number of hydrogen-bond donors (Lipinski definition) is 1. The molecule has 15 heavy (non-hydrogen) atoms. The summed E-state index contributed by atoms with van der Waals surface area (Å²) < 4.78 is 1.78. The molecule has 1 heterocycles. The van der Waals surface area contributed by atoms with E-state index >= 15 is 0 Å². The van der Waals surface area contributed by atoms with Gasteiger partial charge in [0.05, 0.1) is 0 Å². The molecule has 0 aromatic carbocycles. The van der Waals surface area contributed by atoms with E-state index < -0.39 is 0 Å². The van der Waals surface area contributed by atoms with E-state index in [0.717, 1.165) is 30.5 Å². The highest BCUT2D eigenvalue weighted by molar-refractivity contribution is 5.37. The van der Waals surface area contributed by atoms with Crippen molar-refractivity contribution in [2.45, 2.75) is 39.7 Å². The van der Waals surface area contributed by atoms with Crippen LogP contribution in [0.4, 0.5) is 0 Å². The number of aromatic hydroxyl groups is 1. The van der Waals surface area contributed by atoms with E-state index in [0.29, 0.717) is 12.5 Å². The number of fused-ring (bicyclic) bond motifs is 1. The normalized spacial score (nSPS) is 20.0. The minimum Gasteiger partial charge on any atom is -0.507 e. The topological polar surface area (TPSA) is 42.2 Å². The molecule has 2 rings (SSSR count). The van der Waals surface area contributed by atoms with Gasteiger partial charge in [-0.1, -0.05) is 6.92 Å². The van der Waals surface area contributed by atoms with Crippen molar-refractivity contribution in [1.29, 1.82) is 0 Å². The maximum atomic E-state index is 11.7. The fourth-order valence-corrected chi connectivity index (χ4v) is 2.40. The zero-order valence-electron chi connectivity index (χ0n) is 9.29. The zero-order valence-corrected chi connectivity index (χ0v) is 9.29. The Kier molecular flexibility index (Phi) is 2.55. The van der Waals surface area contributed by atoms with Crippen LogP contribution in [0.15, 0.2) is 10.9 Å². The summed E-state index contributed by atoms with van der Waals surface area (Å²) in [6.45, 7) is 4.85. The Morgan fingerprint density at radius 2 is 2.33 bits per heavy atom. The molecule has 1 atom stereocenters. The first-order valence-corrected chi connectivity index (χ1v) is 5.58. The van der Waals surface area contributed by atoms with Crippen molar-refractivity contribution in [2.24, 2.45) is 5.92 Å². The summed E-state index contributed by atoms with van der Waals surface area (Å²) in [5, 5.41) is 9.73. The number of pyridine rings is 1. The highest BCUT2D eigenvalue weighted by Crippen LogP contribution is 2.29. The third-order valence-electron chi connectivity index (χ3n) is 3.25. The second-order valence-electron chi connectivity index (χ2n) is 4.39. The lowest BCUT2D eigenvalue weighted by Crippen LogP contribution is -2.27. The molecule has 1 aliphatic rings. The lowest BCUT2D eigenvalue weighted by atomic mass is 9.87. The largest absolute Gasteiger partial charge is 0.507 e. The van der Waals surface area contributed by atoms with E-state index in [1.807, 2.05) is 6.92 Å². The Bertz CT molecular complexity index is 434. The van der Waals surface area contributed by atoms with Gasteiger partial charge in [0.1, 0.15) is 5.75 Å². The minimum atomic E-state index is -0.0807. The zero-order chi connectivity index (χ0) is 11.0. The van der Waals surface area contributed by atoms with Crippen molar-refractivity contribution < 1.29 is 5.11 Å². The number of nitrogens with zero attached hydrogens (tertiary/aromatic N) is 1. The lowest BCUT2D eigenvalue weighted by molar-refractivity contribution is 0.423. The molecule has 0 spiro atoms. The maximum absolute atomic E-state index is 11.7. The van der Waals surface area contributed by atoms with Gasteiger partial charge in [0, 0.05) is 23.9 Å². The maximum Gasteiger partial charge on any atom is 0.254 e. The monoisotopic (exact) mass is 207 g/mol. The van der Waals surface area contributed by atoms with Crippen molar-refractivity contribution in [2.75, 3.05) is 0 Å². The molecule has 1 N–H and O–H groups in total. The van der Waals surface area contributed by atoms with Crippen LogP contribution in [0.3, 0.4) is 0 Å². The highest BCUT2D eigenvalue weighted by Gasteiger charge is 2.21. The first kappa shape index (κ1) is 10.3. The summed E-state index contributed by atoms with van der Waals surface area (Å²) in [6.07, 6.45) is 2.90. The molecule has 3 heteroatoms. The van der Waals surface area contributed by atoms with E-state index in [4.69, 9.17) is 0 Å². The van der Waals surface area contributed by atoms with Crippen molar-refractivity contribution in [3.8, 4) is 5.75 Å². The van der Waals surface area contributed by atoms with Gasteiger partial charge in [-0.05, 0) is 32.1 Å². The summed E-state index contributed by atoms with van der Waals surface area (Å²) in [5.74, 6) is 0.795. The molecule has 0 saturated carbocycles. The molecule has 0 bridgehead atoms. The van der Waals surface area contributed by atoms with Crippen LogP contribution in [0.25, 0.3) is 0 Å². The standard InChI is InChI=1S/C12H17NO2/c1-3-13-10-6-8(2)4-5-9(10)11(14)7-12(13)15/h7-8,14H,3-6H2,1-2H3. The SMILES string of the molecule is CCn1c2c(c(O)cc1=O)CCC(C)C2. The van der Waals surface area contributed by atoms with Crippen LogP contribution < -0.4 is 5.56 Å². The highest BCUT2D eigenvalue weighted by atomic mass is 16.3. The Balaban J connectivity index is 2.63. The van der Waals surface area contributed by atoms with Gasteiger partial charge < -0.3 is 9.67 Å². The molecule has 0 fully saturated rings. The molecule has 1 aromatic rings. The second-order valence-corrected chi connectivity index (χ2v) is 4.39. The molecule has 0 saturated heterocycles. The summed E-state index contributed by atoms with van der Waals surface area (Å²) in [4.78, 5) is 11.7. The van der Waals surface area contributed by atoms with E-state index in [2.05, 4.69) is 6.92 Å². The van der Waals surface area contributed by atoms with Gasteiger partial charge in [-0.25, -0.2) is 0 Å². The van der Waals surface area contributed by atoms with Crippen molar-refractivity contribution in [3.63, 3.8) is 0 Å². The summed E-state index contributed by atoms with van der Waals surface area (Å²) in [6, 6.07) is 1.35. The molecule has 0 aliphatic heterocycles. The predicted octanol–water partition coefficient (Wildman–Crippen LogP) is 1.70. The number of hydrogen-bond acceptors (Lipinski definition) is 2. The van der Waals surface area contributed by atoms with Crippen LogP contribution in [-0.4, -0.2) is 9.67 Å². The second kappa shape index (κ2) is 3.72. The third kappa shape index (κ3) is 1.66. The lowest BCUT2D eigenvalue weighted by Gasteiger charge is -2.25. The van der Waals surface area contributed by atoms with E-state index in [1.54, 1.807) is 4.57 Å². The van der Waals surface area contributed by atoms with Crippen molar-refractivity contribution in [3.05, 3.63) is 27.7 Å². The summed E-state index contributed by atoms with van der Waals surface area (Å²) in [7, 11) is 0. The summed E-state index contributed by atoms with van der Waals surface area (Å²) in [5.41, 5.74) is 1.94. The van der Waals surface area contributed by atoms with Crippen molar-refractivity contribution >= 4 is 0 Å². The van der Waals surface area contributed by atoms with Gasteiger partial charge in [-0.2, -0.15) is 0 Å². The van der Waals surface area contributed by atoms with Gasteiger partial charge in [0.25, 0.3) is 5.56 Å². The van der Waals surface area contributed by atoms with Crippen LogP contribution in [0.2, 0.25) is 0 Å².